The summed E-state index contributed by atoms with van der Waals surface area (Å²) in [7, 11) is 0. The van der Waals surface area contributed by atoms with Crippen molar-refractivity contribution in [1.29, 1.82) is 0 Å². The Hall–Kier alpha value is -1.46. The molecule has 3 rings (SSSR count). The Morgan fingerprint density at radius 2 is 2.00 bits per heavy atom. The van der Waals surface area contributed by atoms with Gasteiger partial charge in [-0.3, -0.25) is 14.9 Å². The molecule has 1 aliphatic heterocycles. The van der Waals surface area contributed by atoms with Crippen molar-refractivity contribution in [3.8, 4) is 0 Å². The summed E-state index contributed by atoms with van der Waals surface area (Å²) in [6.07, 6.45) is 1.02. The van der Waals surface area contributed by atoms with Gasteiger partial charge in [0.15, 0.2) is 0 Å². The zero-order valence-electron chi connectivity index (χ0n) is 11.2. The molecule has 1 fully saturated rings. The van der Waals surface area contributed by atoms with Crippen molar-refractivity contribution in [1.82, 2.24) is 5.32 Å². The van der Waals surface area contributed by atoms with Gasteiger partial charge >= 0.3 is 0 Å². The Kier molecular flexibility index (Phi) is 4.22. The van der Waals surface area contributed by atoms with Crippen LogP contribution in [0.4, 0.5) is 0 Å². The highest BCUT2D eigenvalue weighted by Gasteiger charge is 2.37. The molecular weight excluding hydrogens is 350 g/mol. The van der Waals surface area contributed by atoms with Gasteiger partial charge in [0, 0.05) is 27.1 Å². The van der Waals surface area contributed by atoms with Gasteiger partial charge in [0.25, 0.3) is 0 Å². The number of imide groups is 1. The van der Waals surface area contributed by atoms with Crippen LogP contribution in [0, 0.1) is 5.92 Å². The fourth-order valence-electron chi connectivity index (χ4n) is 2.73. The quantitative estimate of drug-likeness (QED) is 0.848. The van der Waals surface area contributed by atoms with Crippen LogP contribution in [-0.4, -0.2) is 11.8 Å². The maximum absolute atomic E-state index is 12.3. The molecular formula is C16H14BrNO2S. The molecule has 0 bridgehead atoms. The van der Waals surface area contributed by atoms with Crippen LogP contribution in [-0.2, 0) is 16.0 Å². The molecule has 1 aromatic carbocycles. The first-order valence-corrected chi connectivity index (χ1v) is 8.42. The number of thiophene rings is 1. The van der Waals surface area contributed by atoms with E-state index in [9.17, 15) is 9.59 Å². The predicted octanol–water partition coefficient (Wildman–Crippen LogP) is 3.50. The van der Waals surface area contributed by atoms with E-state index in [0.29, 0.717) is 12.8 Å². The van der Waals surface area contributed by atoms with Crippen LogP contribution in [0.2, 0.25) is 0 Å². The highest BCUT2D eigenvalue weighted by molar-refractivity contribution is 9.10. The summed E-state index contributed by atoms with van der Waals surface area (Å²) in [5.41, 5.74) is 1.12. The van der Waals surface area contributed by atoms with Crippen LogP contribution in [0.15, 0.2) is 46.3 Å². The summed E-state index contributed by atoms with van der Waals surface area (Å²) < 4.78 is 0.999. The maximum Gasteiger partial charge on any atom is 0.230 e. The molecule has 108 valence electrons. The second kappa shape index (κ2) is 6.12. The Balaban J connectivity index is 1.89. The van der Waals surface area contributed by atoms with E-state index in [1.165, 1.54) is 0 Å². The first-order valence-electron chi connectivity index (χ1n) is 6.75. The van der Waals surface area contributed by atoms with Crippen molar-refractivity contribution in [3.63, 3.8) is 0 Å². The van der Waals surface area contributed by atoms with Gasteiger partial charge in [-0.25, -0.2) is 0 Å². The smallest absolute Gasteiger partial charge is 0.230 e. The molecule has 1 saturated heterocycles. The third-order valence-electron chi connectivity index (χ3n) is 3.74. The predicted molar refractivity (Wildman–Crippen MR) is 86.2 cm³/mol. The molecule has 5 heteroatoms. The van der Waals surface area contributed by atoms with E-state index in [0.717, 1.165) is 14.9 Å². The Labute approximate surface area is 135 Å². The number of hydrogen-bond donors (Lipinski definition) is 1. The molecule has 2 atom stereocenters. The van der Waals surface area contributed by atoms with E-state index in [1.807, 2.05) is 41.8 Å². The van der Waals surface area contributed by atoms with Gasteiger partial charge in [-0.15, -0.1) is 11.3 Å². The average molecular weight is 364 g/mol. The van der Waals surface area contributed by atoms with Gasteiger partial charge < -0.3 is 0 Å². The minimum atomic E-state index is -0.198. The van der Waals surface area contributed by atoms with Crippen LogP contribution in [0.3, 0.4) is 0 Å². The van der Waals surface area contributed by atoms with E-state index in [2.05, 4.69) is 21.2 Å². The highest BCUT2D eigenvalue weighted by Crippen LogP contribution is 2.38. The van der Waals surface area contributed by atoms with Crippen LogP contribution in [0.1, 0.15) is 22.8 Å². The summed E-state index contributed by atoms with van der Waals surface area (Å²) in [4.78, 5) is 25.1. The molecule has 1 aliphatic rings. The van der Waals surface area contributed by atoms with E-state index in [4.69, 9.17) is 0 Å². The van der Waals surface area contributed by atoms with Gasteiger partial charge in [-0.1, -0.05) is 30.3 Å². The molecule has 1 N–H and O–H groups in total. The molecule has 2 heterocycles. The van der Waals surface area contributed by atoms with Gasteiger partial charge in [-0.2, -0.15) is 0 Å². The molecule has 0 spiro atoms. The molecule has 21 heavy (non-hydrogen) atoms. The Morgan fingerprint density at radius 3 is 2.67 bits per heavy atom. The van der Waals surface area contributed by atoms with E-state index < -0.39 is 0 Å². The number of carbonyl (C=O) groups is 2. The lowest BCUT2D eigenvalue weighted by Crippen LogP contribution is -2.45. The Bertz CT molecular complexity index is 668. The molecule has 3 nitrogen and oxygen atoms in total. The van der Waals surface area contributed by atoms with Gasteiger partial charge in [0.05, 0.1) is 5.92 Å². The number of piperidine rings is 1. The first-order chi connectivity index (χ1) is 10.1. The SMILES string of the molecule is O=C1CC(c2cc(Br)cs2)C(Cc2ccccc2)C(=O)N1. The summed E-state index contributed by atoms with van der Waals surface area (Å²) >= 11 is 5.04. The van der Waals surface area contributed by atoms with E-state index in [-0.39, 0.29) is 23.7 Å². The van der Waals surface area contributed by atoms with Crippen molar-refractivity contribution in [2.75, 3.05) is 0 Å². The molecule has 0 radical (unpaired) electrons. The monoisotopic (exact) mass is 363 g/mol. The van der Waals surface area contributed by atoms with E-state index in [1.54, 1.807) is 11.3 Å². The number of halogens is 1. The van der Waals surface area contributed by atoms with Crippen molar-refractivity contribution < 1.29 is 9.59 Å². The maximum atomic E-state index is 12.3. The number of nitrogens with one attached hydrogen (secondary N) is 1. The largest absolute Gasteiger partial charge is 0.296 e. The summed E-state index contributed by atoms with van der Waals surface area (Å²) in [5, 5.41) is 4.46. The average Bonchev–Trinajstić information content (AvgIpc) is 2.89. The Morgan fingerprint density at radius 1 is 1.24 bits per heavy atom. The summed E-state index contributed by atoms with van der Waals surface area (Å²) in [6, 6.07) is 12.0. The van der Waals surface area contributed by atoms with Crippen LogP contribution in [0.5, 0.6) is 0 Å². The second-order valence-electron chi connectivity index (χ2n) is 5.19. The molecule has 2 aromatic rings. The van der Waals surface area contributed by atoms with Crippen LogP contribution in [0.25, 0.3) is 0 Å². The summed E-state index contributed by atoms with van der Waals surface area (Å²) in [6.45, 7) is 0. The van der Waals surface area contributed by atoms with Gasteiger partial charge in [0.1, 0.15) is 0 Å². The van der Waals surface area contributed by atoms with Crippen molar-refractivity contribution >= 4 is 39.1 Å². The lowest BCUT2D eigenvalue weighted by atomic mass is 9.80. The summed E-state index contributed by atoms with van der Waals surface area (Å²) in [5.74, 6) is -0.582. The minimum Gasteiger partial charge on any atom is -0.296 e. The van der Waals surface area contributed by atoms with Crippen LogP contribution < -0.4 is 5.32 Å². The fraction of sp³-hybridized carbons (Fsp3) is 0.250. The molecule has 1 aromatic heterocycles. The number of rotatable bonds is 3. The van der Waals surface area contributed by atoms with Crippen molar-refractivity contribution in [3.05, 3.63) is 56.7 Å². The van der Waals surface area contributed by atoms with Crippen molar-refractivity contribution in [2.24, 2.45) is 5.92 Å². The van der Waals surface area contributed by atoms with E-state index >= 15 is 0 Å². The first kappa shape index (κ1) is 14.5. The topological polar surface area (TPSA) is 46.2 Å². The number of hydrogen-bond acceptors (Lipinski definition) is 3. The zero-order chi connectivity index (χ0) is 14.8. The zero-order valence-corrected chi connectivity index (χ0v) is 13.6. The molecule has 2 amide bonds. The third kappa shape index (κ3) is 3.24. The molecule has 0 aliphatic carbocycles. The molecule has 0 saturated carbocycles. The third-order valence-corrected chi connectivity index (χ3v) is 5.57. The fourth-order valence-corrected chi connectivity index (χ4v) is 4.34. The molecule has 2 unspecified atom stereocenters. The number of carbonyl (C=O) groups excluding carboxylic acids is 2. The second-order valence-corrected chi connectivity index (χ2v) is 7.05. The van der Waals surface area contributed by atoms with Crippen LogP contribution >= 0.6 is 27.3 Å². The standard InChI is InChI=1S/C16H14BrNO2S/c17-11-7-14(21-9-11)12-8-15(19)18-16(20)13(12)6-10-4-2-1-3-5-10/h1-5,7,9,12-13H,6,8H2,(H,18,19,20). The normalized spacial score (nSPS) is 22.1. The van der Waals surface area contributed by atoms with Gasteiger partial charge in [0.2, 0.25) is 11.8 Å². The van der Waals surface area contributed by atoms with Crippen molar-refractivity contribution in [2.45, 2.75) is 18.8 Å². The number of amides is 2. The lowest BCUT2D eigenvalue weighted by molar-refractivity contribution is -0.137. The number of benzene rings is 1. The van der Waals surface area contributed by atoms with Gasteiger partial charge in [-0.05, 0) is 34.0 Å². The lowest BCUT2D eigenvalue weighted by Gasteiger charge is -2.29. The highest BCUT2D eigenvalue weighted by atomic mass is 79.9. The minimum absolute atomic E-state index is 0.0391.